The van der Waals surface area contributed by atoms with E-state index in [1.54, 1.807) is 0 Å². The molecular formula is C13H20N2O. The van der Waals surface area contributed by atoms with E-state index < -0.39 is 5.41 Å². The highest BCUT2D eigenvalue weighted by Crippen LogP contribution is 2.21. The van der Waals surface area contributed by atoms with Crippen molar-refractivity contribution in [3.05, 3.63) is 29.3 Å². The zero-order valence-electron chi connectivity index (χ0n) is 10.4. The zero-order chi connectivity index (χ0) is 12.3. The van der Waals surface area contributed by atoms with Crippen molar-refractivity contribution in [1.29, 1.82) is 0 Å². The number of carbonyl (C=O) groups is 1. The SMILES string of the molecule is Cc1cccc(NC(=O)C(C)(C)CN)c1C. The van der Waals surface area contributed by atoms with Gasteiger partial charge in [0.15, 0.2) is 0 Å². The molecule has 1 aromatic carbocycles. The molecule has 0 aliphatic carbocycles. The number of hydrogen-bond donors (Lipinski definition) is 2. The summed E-state index contributed by atoms with van der Waals surface area (Å²) in [5.74, 6) is -0.0382. The van der Waals surface area contributed by atoms with Crippen molar-refractivity contribution in [3.63, 3.8) is 0 Å². The van der Waals surface area contributed by atoms with Crippen LogP contribution >= 0.6 is 0 Å². The van der Waals surface area contributed by atoms with Crippen LogP contribution in [-0.4, -0.2) is 12.5 Å². The third kappa shape index (κ3) is 2.61. The first-order valence-electron chi connectivity index (χ1n) is 5.46. The Bertz CT molecular complexity index is 397. The average Bonchev–Trinajstić information content (AvgIpc) is 2.24. The molecule has 3 heteroatoms. The number of aryl methyl sites for hydroxylation is 1. The standard InChI is InChI=1S/C13H20N2O/c1-9-6-5-7-11(10(9)2)15-12(16)13(3,4)8-14/h5-7H,8,14H2,1-4H3,(H,15,16). The minimum Gasteiger partial charge on any atom is -0.329 e. The lowest BCUT2D eigenvalue weighted by Gasteiger charge is -2.22. The van der Waals surface area contributed by atoms with Crippen LogP contribution in [0, 0.1) is 19.3 Å². The number of amides is 1. The number of carbonyl (C=O) groups excluding carboxylic acids is 1. The first-order chi connectivity index (χ1) is 7.38. The van der Waals surface area contributed by atoms with E-state index in [9.17, 15) is 4.79 Å². The number of nitrogens with one attached hydrogen (secondary N) is 1. The van der Waals surface area contributed by atoms with Crippen LogP contribution in [0.2, 0.25) is 0 Å². The Morgan fingerprint density at radius 1 is 1.38 bits per heavy atom. The molecule has 1 rings (SSSR count). The van der Waals surface area contributed by atoms with Gasteiger partial charge in [0.1, 0.15) is 0 Å². The summed E-state index contributed by atoms with van der Waals surface area (Å²) in [5.41, 5.74) is 8.17. The molecule has 88 valence electrons. The number of hydrogen-bond acceptors (Lipinski definition) is 2. The predicted molar refractivity (Wildman–Crippen MR) is 67.4 cm³/mol. The van der Waals surface area contributed by atoms with E-state index >= 15 is 0 Å². The second kappa shape index (κ2) is 4.66. The van der Waals surface area contributed by atoms with Gasteiger partial charge in [0, 0.05) is 12.2 Å². The highest BCUT2D eigenvalue weighted by atomic mass is 16.2. The highest BCUT2D eigenvalue weighted by Gasteiger charge is 2.26. The first-order valence-corrected chi connectivity index (χ1v) is 5.46. The number of rotatable bonds is 3. The van der Waals surface area contributed by atoms with Crippen LogP contribution in [0.3, 0.4) is 0 Å². The van der Waals surface area contributed by atoms with Gasteiger partial charge in [-0.3, -0.25) is 4.79 Å². The number of benzene rings is 1. The van der Waals surface area contributed by atoms with Gasteiger partial charge in [0.2, 0.25) is 5.91 Å². The van der Waals surface area contributed by atoms with E-state index in [0.29, 0.717) is 6.54 Å². The molecule has 0 atom stereocenters. The summed E-state index contributed by atoms with van der Waals surface area (Å²) in [4.78, 5) is 11.9. The smallest absolute Gasteiger partial charge is 0.231 e. The fourth-order valence-electron chi connectivity index (χ4n) is 1.27. The molecule has 0 aliphatic rings. The number of anilines is 1. The lowest BCUT2D eigenvalue weighted by molar-refractivity contribution is -0.123. The van der Waals surface area contributed by atoms with E-state index in [0.717, 1.165) is 11.3 Å². The molecule has 0 saturated heterocycles. The third-order valence-electron chi connectivity index (χ3n) is 2.98. The van der Waals surface area contributed by atoms with Crippen molar-refractivity contribution in [2.75, 3.05) is 11.9 Å². The highest BCUT2D eigenvalue weighted by molar-refractivity contribution is 5.95. The molecule has 0 radical (unpaired) electrons. The molecule has 1 amide bonds. The van der Waals surface area contributed by atoms with E-state index in [2.05, 4.69) is 5.32 Å². The van der Waals surface area contributed by atoms with Gasteiger partial charge >= 0.3 is 0 Å². The third-order valence-corrected chi connectivity index (χ3v) is 2.98. The van der Waals surface area contributed by atoms with Crippen LogP contribution in [0.25, 0.3) is 0 Å². The maximum atomic E-state index is 11.9. The average molecular weight is 220 g/mol. The predicted octanol–water partition coefficient (Wildman–Crippen LogP) is 2.23. The van der Waals surface area contributed by atoms with Gasteiger partial charge in [0.25, 0.3) is 0 Å². The first kappa shape index (κ1) is 12.7. The summed E-state index contributed by atoms with van der Waals surface area (Å²) >= 11 is 0. The lowest BCUT2D eigenvalue weighted by atomic mass is 9.92. The second-order valence-corrected chi connectivity index (χ2v) is 4.79. The fraction of sp³-hybridized carbons (Fsp3) is 0.462. The monoisotopic (exact) mass is 220 g/mol. The molecule has 0 spiro atoms. The van der Waals surface area contributed by atoms with Crippen LogP contribution in [0.15, 0.2) is 18.2 Å². The van der Waals surface area contributed by atoms with Gasteiger partial charge in [-0.25, -0.2) is 0 Å². The van der Waals surface area contributed by atoms with Crippen LogP contribution in [0.1, 0.15) is 25.0 Å². The summed E-state index contributed by atoms with van der Waals surface area (Å²) in [5, 5.41) is 2.92. The maximum Gasteiger partial charge on any atom is 0.231 e. The lowest BCUT2D eigenvalue weighted by Crippen LogP contribution is -2.37. The number of nitrogens with two attached hydrogens (primary N) is 1. The van der Waals surface area contributed by atoms with Crippen molar-refractivity contribution in [2.45, 2.75) is 27.7 Å². The molecule has 3 nitrogen and oxygen atoms in total. The van der Waals surface area contributed by atoms with Gasteiger partial charge in [-0.05, 0) is 44.9 Å². The Kier molecular flexibility index (Phi) is 3.70. The maximum absolute atomic E-state index is 11.9. The zero-order valence-corrected chi connectivity index (χ0v) is 10.4. The molecule has 1 aromatic rings. The van der Waals surface area contributed by atoms with Crippen molar-refractivity contribution >= 4 is 11.6 Å². The molecule has 0 aromatic heterocycles. The van der Waals surface area contributed by atoms with E-state index in [1.807, 2.05) is 45.9 Å². The minimum absolute atomic E-state index is 0.0382. The van der Waals surface area contributed by atoms with Gasteiger partial charge in [0.05, 0.1) is 5.41 Å². The normalized spacial score (nSPS) is 11.3. The van der Waals surface area contributed by atoms with Crippen LogP contribution < -0.4 is 11.1 Å². The van der Waals surface area contributed by atoms with Gasteiger partial charge in [-0.2, -0.15) is 0 Å². The Morgan fingerprint density at radius 3 is 2.56 bits per heavy atom. The van der Waals surface area contributed by atoms with Crippen molar-refractivity contribution in [3.8, 4) is 0 Å². The van der Waals surface area contributed by atoms with Gasteiger partial charge in [-0.1, -0.05) is 12.1 Å². The molecule has 0 bridgehead atoms. The van der Waals surface area contributed by atoms with E-state index in [4.69, 9.17) is 5.73 Å². The van der Waals surface area contributed by atoms with Crippen molar-refractivity contribution < 1.29 is 4.79 Å². The Balaban J connectivity index is 2.90. The summed E-state index contributed by atoms with van der Waals surface area (Å²) in [6.45, 7) is 8.05. The van der Waals surface area contributed by atoms with Gasteiger partial charge < -0.3 is 11.1 Å². The van der Waals surface area contributed by atoms with Gasteiger partial charge in [-0.15, -0.1) is 0 Å². The molecule has 0 heterocycles. The van der Waals surface area contributed by atoms with Crippen LogP contribution in [-0.2, 0) is 4.79 Å². The molecule has 16 heavy (non-hydrogen) atoms. The van der Waals surface area contributed by atoms with Crippen molar-refractivity contribution in [1.82, 2.24) is 0 Å². The molecular weight excluding hydrogens is 200 g/mol. The van der Waals surface area contributed by atoms with E-state index in [-0.39, 0.29) is 5.91 Å². The Hall–Kier alpha value is -1.35. The Labute approximate surface area is 97.0 Å². The molecule has 0 saturated carbocycles. The summed E-state index contributed by atoms with van der Waals surface area (Å²) in [6.07, 6.45) is 0. The Morgan fingerprint density at radius 2 is 2.00 bits per heavy atom. The quantitative estimate of drug-likeness (QED) is 0.820. The molecule has 0 unspecified atom stereocenters. The molecule has 3 N–H and O–H groups in total. The topological polar surface area (TPSA) is 55.1 Å². The summed E-state index contributed by atoms with van der Waals surface area (Å²) in [7, 11) is 0. The van der Waals surface area contributed by atoms with E-state index in [1.165, 1.54) is 5.56 Å². The fourth-order valence-corrected chi connectivity index (χ4v) is 1.27. The summed E-state index contributed by atoms with van der Waals surface area (Å²) < 4.78 is 0. The molecule has 0 aliphatic heterocycles. The summed E-state index contributed by atoms with van der Waals surface area (Å²) in [6, 6.07) is 5.87. The van der Waals surface area contributed by atoms with Crippen LogP contribution in [0.5, 0.6) is 0 Å². The largest absolute Gasteiger partial charge is 0.329 e. The van der Waals surface area contributed by atoms with Crippen LogP contribution in [0.4, 0.5) is 5.69 Å². The van der Waals surface area contributed by atoms with Crippen molar-refractivity contribution in [2.24, 2.45) is 11.1 Å². The second-order valence-electron chi connectivity index (χ2n) is 4.79. The minimum atomic E-state index is -0.532. The molecule has 0 fully saturated rings.